The zero-order valence-electron chi connectivity index (χ0n) is 12.5. The quantitative estimate of drug-likeness (QED) is 0.580. The Hall–Kier alpha value is -2.39. The van der Waals surface area contributed by atoms with Crippen LogP contribution in [0.3, 0.4) is 0 Å². The van der Waals surface area contributed by atoms with Crippen molar-refractivity contribution in [1.29, 1.82) is 0 Å². The number of nitrogens with zero attached hydrogens (tertiary/aromatic N) is 1. The van der Waals surface area contributed by atoms with E-state index in [9.17, 15) is 19.5 Å². The lowest BCUT2D eigenvalue weighted by molar-refractivity contribution is -0.150. The van der Waals surface area contributed by atoms with Crippen molar-refractivity contribution >= 4 is 52.2 Å². The maximum absolute atomic E-state index is 12.5. The molecule has 1 fully saturated rings. The van der Waals surface area contributed by atoms with Crippen molar-refractivity contribution in [3.05, 3.63) is 34.7 Å². The number of aliphatic carboxylic acids is 2. The summed E-state index contributed by atoms with van der Waals surface area (Å²) in [6.07, 6.45) is 0.807. The van der Waals surface area contributed by atoms with E-state index in [1.165, 1.54) is 13.2 Å². The Kier molecular flexibility index (Phi) is 5.58. The summed E-state index contributed by atoms with van der Waals surface area (Å²) in [5.74, 6) is -2.84. The van der Waals surface area contributed by atoms with Crippen molar-refractivity contribution < 1.29 is 29.3 Å². The molecule has 0 aliphatic carbocycles. The first-order chi connectivity index (χ1) is 11.3. The summed E-state index contributed by atoms with van der Waals surface area (Å²) >= 11 is 5.99. The van der Waals surface area contributed by atoms with E-state index in [-0.39, 0.29) is 9.23 Å². The first-order valence-corrected chi connectivity index (χ1v) is 7.92. The van der Waals surface area contributed by atoms with Gasteiger partial charge in [0, 0.05) is 5.56 Å². The number of carboxylic acid groups (broad SMARTS) is 2. The van der Waals surface area contributed by atoms with Crippen molar-refractivity contribution in [2.45, 2.75) is 12.5 Å². The van der Waals surface area contributed by atoms with Gasteiger partial charge in [0.15, 0.2) is 0 Å². The highest BCUT2D eigenvalue weighted by molar-refractivity contribution is 8.26. The molecule has 0 radical (unpaired) electrons. The summed E-state index contributed by atoms with van der Waals surface area (Å²) in [4.78, 5) is 35.7. The minimum absolute atomic E-state index is 0.00907. The SMILES string of the molecule is COc1ccccc1/C=C1\SC(=S)N([C@@H](CC(=O)O)C(=O)O)C1=O. The van der Waals surface area contributed by atoms with Crippen LogP contribution in [0.1, 0.15) is 12.0 Å². The Labute approximate surface area is 146 Å². The van der Waals surface area contributed by atoms with Crippen molar-refractivity contribution in [2.75, 3.05) is 7.11 Å². The van der Waals surface area contributed by atoms with Gasteiger partial charge in [0.05, 0.1) is 18.4 Å². The fourth-order valence-corrected chi connectivity index (χ4v) is 3.48. The molecule has 2 N–H and O–H groups in total. The van der Waals surface area contributed by atoms with Crippen molar-refractivity contribution in [3.63, 3.8) is 0 Å². The number of methoxy groups -OCH3 is 1. The standard InChI is InChI=1S/C15H13NO6S2/c1-22-10-5-3-2-4-8(10)6-11-13(19)16(15(23)24-11)9(14(20)21)7-12(17)18/h2-6,9H,7H2,1H3,(H,17,18)(H,20,21)/b11-6-/t9-/m0/s1. The van der Waals surface area contributed by atoms with Crippen molar-refractivity contribution in [1.82, 2.24) is 4.90 Å². The molecule has 1 saturated heterocycles. The third kappa shape index (κ3) is 3.74. The predicted octanol–water partition coefficient (Wildman–Crippen LogP) is 1.82. The first-order valence-electron chi connectivity index (χ1n) is 6.69. The number of benzene rings is 1. The Balaban J connectivity index is 2.36. The normalized spacial score (nSPS) is 17.2. The minimum atomic E-state index is -1.54. The van der Waals surface area contributed by atoms with Crippen LogP contribution in [-0.2, 0) is 14.4 Å². The number of amides is 1. The predicted molar refractivity (Wildman–Crippen MR) is 91.7 cm³/mol. The number of carboxylic acids is 2. The summed E-state index contributed by atoms with van der Waals surface area (Å²) in [5, 5.41) is 18.1. The number of carbonyl (C=O) groups is 3. The number of thiocarbonyl (C=S) groups is 1. The molecule has 1 aliphatic rings. The maximum atomic E-state index is 12.5. The molecule has 24 heavy (non-hydrogen) atoms. The summed E-state index contributed by atoms with van der Waals surface area (Å²) in [5.41, 5.74) is 0.630. The van der Waals surface area contributed by atoms with E-state index in [1.54, 1.807) is 24.3 Å². The Morgan fingerprint density at radius 1 is 1.38 bits per heavy atom. The molecule has 1 heterocycles. The molecule has 0 saturated carbocycles. The van der Waals surface area contributed by atoms with Crippen molar-refractivity contribution in [2.24, 2.45) is 0 Å². The van der Waals surface area contributed by atoms with Gasteiger partial charge in [-0.2, -0.15) is 0 Å². The van der Waals surface area contributed by atoms with Gasteiger partial charge in [0.1, 0.15) is 16.1 Å². The van der Waals surface area contributed by atoms with Crippen LogP contribution in [0.25, 0.3) is 6.08 Å². The lowest BCUT2D eigenvalue weighted by atomic mass is 10.1. The van der Waals surface area contributed by atoms with E-state index in [0.29, 0.717) is 11.3 Å². The van der Waals surface area contributed by atoms with Gasteiger partial charge in [-0.3, -0.25) is 14.5 Å². The van der Waals surface area contributed by atoms with Gasteiger partial charge in [-0.25, -0.2) is 4.79 Å². The molecular formula is C15H13NO6S2. The number of carbonyl (C=O) groups excluding carboxylic acids is 1. The van der Waals surface area contributed by atoms with Crippen LogP contribution in [0.5, 0.6) is 5.75 Å². The Morgan fingerprint density at radius 2 is 2.04 bits per heavy atom. The molecule has 1 amide bonds. The fourth-order valence-electron chi connectivity index (χ4n) is 2.13. The van der Waals surface area contributed by atoms with E-state index in [0.717, 1.165) is 16.7 Å². The monoisotopic (exact) mass is 367 g/mol. The Bertz CT molecular complexity index is 745. The van der Waals surface area contributed by atoms with Gasteiger partial charge in [0.25, 0.3) is 5.91 Å². The lowest BCUT2D eigenvalue weighted by Gasteiger charge is -2.21. The van der Waals surface area contributed by atoms with Gasteiger partial charge in [0.2, 0.25) is 0 Å². The molecular weight excluding hydrogens is 354 g/mol. The number of hydrogen-bond donors (Lipinski definition) is 2. The molecule has 126 valence electrons. The van der Waals surface area contributed by atoms with Gasteiger partial charge in [-0.1, -0.05) is 42.2 Å². The summed E-state index contributed by atoms with van der Waals surface area (Å²) in [7, 11) is 1.49. The van der Waals surface area contributed by atoms with Crippen LogP contribution < -0.4 is 4.74 Å². The molecule has 1 aromatic carbocycles. The molecule has 1 aliphatic heterocycles. The molecule has 9 heteroatoms. The maximum Gasteiger partial charge on any atom is 0.327 e. The second kappa shape index (κ2) is 7.45. The summed E-state index contributed by atoms with van der Waals surface area (Å²) in [6.45, 7) is 0. The number of para-hydroxylation sites is 1. The van der Waals surface area contributed by atoms with Crippen LogP contribution >= 0.6 is 24.0 Å². The highest BCUT2D eigenvalue weighted by Gasteiger charge is 2.41. The average molecular weight is 367 g/mol. The van der Waals surface area contributed by atoms with Crippen molar-refractivity contribution in [3.8, 4) is 5.75 Å². The van der Waals surface area contributed by atoms with Crippen LogP contribution in [0.2, 0.25) is 0 Å². The van der Waals surface area contributed by atoms with Crippen LogP contribution in [0.15, 0.2) is 29.2 Å². The fraction of sp³-hybridized carbons (Fsp3) is 0.200. The highest BCUT2D eigenvalue weighted by Crippen LogP contribution is 2.35. The van der Waals surface area contributed by atoms with Gasteiger partial charge >= 0.3 is 11.9 Å². The topological polar surface area (TPSA) is 104 Å². The Morgan fingerprint density at radius 3 is 2.62 bits per heavy atom. The zero-order chi connectivity index (χ0) is 17.9. The van der Waals surface area contributed by atoms with Gasteiger partial charge in [-0.15, -0.1) is 0 Å². The minimum Gasteiger partial charge on any atom is -0.496 e. The molecule has 0 spiro atoms. The van der Waals surface area contributed by atoms with E-state index in [2.05, 4.69) is 0 Å². The van der Waals surface area contributed by atoms with E-state index in [1.807, 2.05) is 0 Å². The molecule has 1 aromatic rings. The van der Waals surface area contributed by atoms with E-state index < -0.39 is 30.3 Å². The third-order valence-corrected chi connectivity index (χ3v) is 4.54. The second-order valence-electron chi connectivity index (χ2n) is 4.75. The average Bonchev–Trinajstić information content (AvgIpc) is 2.79. The number of hydrogen-bond acceptors (Lipinski definition) is 6. The van der Waals surface area contributed by atoms with Crippen LogP contribution in [0, 0.1) is 0 Å². The smallest absolute Gasteiger partial charge is 0.327 e. The van der Waals surface area contributed by atoms with E-state index >= 15 is 0 Å². The third-order valence-electron chi connectivity index (χ3n) is 3.21. The lowest BCUT2D eigenvalue weighted by Crippen LogP contribution is -2.45. The molecule has 1 atom stereocenters. The number of thioether (sulfide) groups is 1. The highest BCUT2D eigenvalue weighted by atomic mass is 32.2. The molecule has 2 rings (SSSR count). The van der Waals surface area contributed by atoms with Gasteiger partial charge < -0.3 is 14.9 Å². The molecule has 0 unspecified atom stereocenters. The summed E-state index contributed by atoms with van der Waals surface area (Å²) < 4.78 is 5.21. The first kappa shape index (κ1) is 18.0. The molecule has 0 bridgehead atoms. The van der Waals surface area contributed by atoms with Gasteiger partial charge in [-0.05, 0) is 12.1 Å². The zero-order valence-corrected chi connectivity index (χ0v) is 14.1. The number of rotatable bonds is 6. The molecule has 7 nitrogen and oxygen atoms in total. The number of ether oxygens (including phenoxy) is 1. The summed E-state index contributed by atoms with van der Waals surface area (Å²) in [6, 6.07) is 5.45. The molecule has 0 aromatic heterocycles. The van der Waals surface area contributed by atoms with E-state index in [4.69, 9.17) is 22.1 Å². The van der Waals surface area contributed by atoms with Crippen LogP contribution in [-0.4, -0.2) is 50.4 Å². The largest absolute Gasteiger partial charge is 0.496 e. The van der Waals surface area contributed by atoms with Crippen LogP contribution in [0.4, 0.5) is 0 Å². The second-order valence-corrected chi connectivity index (χ2v) is 6.42.